The number of hydrogen-bond acceptors (Lipinski definition) is 6. The number of hydrogen-bond donors (Lipinski definition) is 1. The summed E-state index contributed by atoms with van der Waals surface area (Å²) in [4.78, 5) is 18.3. The lowest BCUT2D eigenvalue weighted by molar-refractivity contribution is 0.0835. The molecule has 0 aromatic carbocycles. The molecule has 140 valence electrons. The Kier molecular flexibility index (Phi) is 4.62. The van der Waals surface area contributed by atoms with Crippen LogP contribution in [0.4, 0.5) is 4.79 Å². The van der Waals surface area contributed by atoms with Gasteiger partial charge < -0.3 is 19.5 Å². The molecule has 0 saturated carbocycles. The van der Waals surface area contributed by atoms with E-state index in [1.165, 1.54) is 0 Å². The fourth-order valence-electron chi connectivity index (χ4n) is 3.46. The zero-order valence-corrected chi connectivity index (χ0v) is 15.1. The monoisotopic (exact) mass is 360 g/mol. The number of nitrogens with zero attached hydrogens (tertiary/aromatic N) is 5. The van der Waals surface area contributed by atoms with Gasteiger partial charge in [-0.25, -0.2) is 4.79 Å². The minimum absolute atomic E-state index is 0.0642. The first kappa shape index (κ1) is 17.0. The molecular formula is C17H24N6O3. The molecule has 0 spiro atoms. The van der Waals surface area contributed by atoms with Crippen molar-refractivity contribution in [3.05, 3.63) is 29.2 Å². The molecule has 4 rings (SSSR count). The second kappa shape index (κ2) is 7.06. The van der Waals surface area contributed by atoms with Crippen molar-refractivity contribution in [3.8, 4) is 0 Å². The number of aromatic nitrogens is 4. The maximum absolute atomic E-state index is 12.2. The zero-order chi connectivity index (χ0) is 18.1. The van der Waals surface area contributed by atoms with Crippen LogP contribution in [-0.4, -0.2) is 57.1 Å². The molecule has 2 fully saturated rings. The summed E-state index contributed by atoms with van der Waals surface area (Å²) < 4.78 is 12.8. The first-order valence-corrected chi connectivity index (χ1v) is 9.10. The highest BCUT2D eigenvalue weighted by Crippen LogP contribution is 2.27. The van der Waals surface area contributed by atoms with Gasteiger partial charge in [0.2, 0.25) is 0 Å². The van der Waals surface area contributed by atoms with Crippen molar-refractivity contribution >= 4 is 6.03 Å². The van der Waals surface area contributed by atoms with E-state index in [9.17, 15) is 4.79 Å². The SMILES string of the molecule is Cc1cc(C)n(C2CN(C(=O)NCCc3noc([C@@H]4CCCO4)n3)C2)n1. The number of carbonyl (C=O) groups is 1. The van der Waals surface area contributed by atoms with E-state index >= 15 is 0 Å². The van der Waals surface area contributed by atoms with Crippen LogP contribution in [0.5, 0.6) is 0 Å². The van der Waals surface area contributed by atoms with Gasteiger partial charge in [-0.05, 0) is 32.8 Å². The Morgan fingerprint density at radius 3 is 2.92 bits per heavy atom. The smallest absolute Gasteiger partial charge is 0.317 e. The van der Waals surface area contributed by atoms with E-state index in [1.807, 2.05) is 18.5 Å². The molecule has 2 aromatic heterocycles. The predicted octanol–water partition coefficient (Wildman–Crippen LogP) is 1.54. The summed E-state index contributed by atoms with van der Waals surface area (Å²) in [5.74, 6) is 1.14. The molecule has 2 saturated heterocycles. The molecule has 2 aliphatic rings. The van der Waals surface area contributed by atoms with E-state index in [4.69, 9.17) is 9.26 Å². The Bertz CT molecular complexity index is 773. The molecule has 0 radical (unpaired) electrons. The number of urea groups is 1. The quantitative estimate of drug-likeness (QED) is 0.868. The highest BCUT2D eigenvalue weighted by Gasteiger charge is 2.33. The molecule has 26 heavy (non-hydrogen) atoms. The highest BCUT2D eigenvalue weighted by molar-refractivity contribution is 5.75. The van der Waals surface area contributed by atoms with E-state index in [0.29, 0.717) is 37.8 Å². The van der Waals surface area contributed by atoms with Crippen LogP contribution in [0.3, 0.4) is 0 Å². The van der Waals surface area contributed by atoms with Gasteiger partial charge in [-0.3, -0.25) is 4.68 Å². The van der Waals surface area contributed by atoms with Gasteiger partial charge in [-0.2, -0.15) is 10.1 Å². The van der Waals surface area contributed by atoms with Crippen molar-refractivity contribution < 1.29 is 14.1 Å². The second-order valence-electron chi connectivity index (χ2n) is 6.96. The molecular weight excluding hydrogens is 336 g/mol. The average Bonchev–Trinajstić information content (AvgIpc) is 3.28. The fraction of sp³-hybridized carbons (Fsp3) is 0.647. The topological polar surface area (TPSA) is 98.3 Å². The van der Waals surface area contributed by atoms with Crippen LogP contribution in [0.15, 0.2) is 10.6 Å². The summed E-state index contributed by atoms with van der Waals surface area (Å²) in [6, 6.07) is 2.25. The number of ether oxygens (including phenoxy) is 1. The van der Waals surface area contributed by atoms with Crippen molar-refractivity contribution in [2.45, 2.75) is 45.3 Å². The number of rotatable bonds is 5. The summed E-state index contributed by atoms with van der Waals surface area (Å²) in [5.41, 5.74) is 2.14. The van der Waals surface area contributed by atoms with E-state index in [-0.39, 0.29) is 18.2 Å². The van der Waals surface area contributed by atoms with Crippen molar-refractivity contribution in [2.24, 2.45) is 0 Å². The molecule has 1 atom stereocenters. The molecule has 4 heterocycles. The number of aryl methyl sites for hydroxylation is 2. The molecule has 2 amide bonds. The first-order chi connectivity index (χ1) is 12.6. The van der Waals surface area contributed by atoms with E-state index in [1.54, 1.807) is 4.90 Å². The lowest BCUT2D eigenvalue weighted by Crippen LogP contribution is -2.54. The minimum Gasteiger partial charge on any atom is -0.368 e. The third kappa shape index (κ3) is 3.44. The van der Waals surface area contributed by atoms with Gasteiger partial charge in [0.15, 0.2) is 5.82 Å². The normalized spacial score (nSPS) is 20.4. The molecule has 0 aliphatic carbocycles. The number of amides is 2. The zero-order valence-electron chi connectivity index (χ0n) is 15.1. The molecule has 9 heteroatoms. The Labute approximate surface area is 151 Å². The minimum atomic E-state index is -0.0711. The second-order valence-corrected chi connectivity index (χ2v) is 6.96. The van der Waals surface area contributed by atoms with Crippen molar-refractivity contribution in [3.63, 3.8) is 0 Å². The lowest BCUT2D eigenvalue weighted by Gasteiger charge is -2.39. The Morgan fingerprint density at radius 2 is 2.23 bits per heavy atom. The Balaban J connectivity index is 1.20. The molecule has 1 N–H and O–H groups in total. The third-order valence-corrected chi connectivity index (χ3v) is 4.85. The molecule has 0 bridgehead atoms. The van der Waals surface area contributed by atoms with E-state index in [0.717, 1.165) is 30.8 Å². The van der Waals surface area contributed by atoms with E-state index in [2.05, 4.69) is 26.6 Å². The summed E-state index contributed by atoms with van der Waals surface area (Å²) >= 11 is 0. The molecule has 2 aromatic rings. The van der Waals surface area contributed by atoms with Crippen molar-refractivity contribution in [1.82, 2.24) is 30.1 Å². The molecule has 0 unspecified atom stereocenters. The van der Waals surface area contributed by atoms with Crippen LogP contribution in [0.25, 0.3) is 0 Å². The largest absolute Gasteiger partial charge is 0.368 e. The van der Waals surface area contributed by atoms with Crippen LogP contribution in [0.1, 0.15) is 48.1 Å². The van der Waals surface area contributed by atoms with Crippen LogP contribution < -0.4 is 5.32 Å². The van der Waals surface area contributed by atoms with Crippen LogP contribution in [-0.2, 0) is 11.2 Å². The van der Waals surface area contributed by atoms with Crippen LogP contribution in [0, 0.1) is 13.8 Å². The lowest BCUT2D eigenvalue weighted by atomic mass is 10.1. The number of carbonyl (C=O) groups excluding carboxylic acids is 1. The van der Waals surface area contributed by atoms with Crippen molar-refractivity contribution in [1.29, 1.82) is 0 Å². The van der Waals surface area contributed by atoms with Gasteiger partial charge in [-0.15, -0.1) is 0 Å². The summed E-state index contributed by atoms with van der Waals surface area (Å²) in [7, 11) is 0. The van der Waals surface area contributed by atoms with Gasteiger partial charge in [0, 0.05) is 38.4 Å². The summed E-state index contributed by atoms with van der Waals surface area (Å²) in [5, 5.41) is 11.3. The Morgan fingerprint density at radius 1 is 1.38 bits per heavy atom. The molecule has 2 aliphatic heterocycles. The van der Waals surface area contributed by atoms with Crippen molar-refractivity contribution in [2.75, 3.05) is 26.2 Å². The van der Waals surface area contributed by atoms with Gasteiger partial charge in [0.05, 0.1) is 11.7 Å². The van der Waals surface area contributed by atoms with Gasteiger partial charge in [0.25, 0.3) is 5.89 Å². The molecule has 9 nitrogen and oxygen atoms in total. The highest BCUT2D eigenvalue weighted by atomic mass is 16.5. The average molecular weight is 360 g/mol. The third-order valence-electron chi connectivity index (χ3n) is 4.85. The van der Waals surface area contributed by atoms with Gasteiger partial charge in [-0.1, -0.05) is 5.16 Å². The van der Waals surface area contributed by atoms with Crippen LogP contribution >= 0.6 is 0 Å². The number of likely N-dealkylation sites (tertiary alicyclic amines) is 1. The Hall–Kier alpha value is -2.42. The maximum Gasteiger partial charge on any atom is 0.317 e. The fourth-order valence-corrected chi connectivity index (χ4v) is 3.46. The van der Waals surface area contributed by atoms with Gasteiger partial charge >= 0.3 is 6.03 Å². The first-order valence-electron chi connectivity index (χ1n) is 9.10. The number of nitrogens with one attached hydrogen (secondary N) is 1. The van der Waals surface area contributed by atoms with Gasteiger partial charge in [0.1, 0.15) is 6.10 Å². The maximum atomic E-state index is 12.2. The summed E-state index contributed by atoms with van der Waals surface area (Å²) in [6.07, 6.45) is 2.41. The predicted molar refractivity (Wildman–Crippen MR) is 91.6 cm³/mol. The summed E-state index contributed by atoms with van der Waals surface area (Å²) in [6.45, 7) is 6.60. The van der Waals surface area contributed by atoms with E-state index < -0.39 is 0 Å². The standard InChI is InChI=1S/C17H24N6O3/c1-11-8-12(2)23(20-11)13-9-22(10-13)17(24)18-6-5-15-19-16(26-21-15)14-4-3-7-25-14/h8,13-14H,3-7,9-10H2,1-2H3,(H,18,24)/t14-/m0/s1. The van der Waals surface area contributed by atoms with Crippen LogP contribution in [0.2, 0.25) is 0 Å².